The van der Waals surface area contributed by atoms with E-state index in [1.807, 2.05) is 12.1 Å². The monoisotopic (exact) mass is 404 g/mol. The molecule has 4 amide bonds. The number of hydrogen-bond donors (Lipinski definition) is 2. The summed E-state index contributed by atoms with van der Waals surface area (Å²) in [4.78, 5) is 40.2. The van der Waals surface area contributed by atoms with Crippen molar-refractivity contribution in [2.45, 2.75) is 25.4 Å². The van der Waals surface area contributed by atoms with Crippen molar-refractivity contribution in [1.29, 1.82) is 0 Å². The SMILES string of the molecule is COc1ccc(CN2C(=O)N[C@@H](CCC(=O)NCCN3CCOCC3)C2=O)cc1. The van der Waals surface area contributed by atoms with E-state index < -0.39 is 12.1 Å². The molecule has 1 aromatic carbocycles. The number of methoxy groups -OCH3 is 1. The molecule has 1 aromatic rings. The lowest BCUT2D eigenvalue weighted by molar-refractivity contribution is -0.128. The summed E-state index contributed by atoms with van der Waals surface area (Å²) < 4.78 is 10.4. The molecule has 2 saturated heterocycles. The number of ether oxygens (including phenoxy) is 2. The molecule has 0 unspecified atom stereocenters. The predicted octanol–water partition coefficient (Wildman–Crippen LogP) is 0.344. The van der Waals surface area contributed by atoms with Crippen LogP contribution in [0.3, 0.4) is 0 Å². The van der Waals surface area contributed by atoms with Crippen LogP contribution < -0.4 is 15.4 Å². The Bertz CT molecular complexity index is 718. The predicted molar refractivity (Wildman–Crippen MR) is 105 cm³/mol. The first kappa shape index (κ1) is 21.1. The molecule has 2 aliphatic rings. The summed E-state index contributed by atoms with van der Waals surface area (Å²) in [5.74, 6) is 0.296. The van der Waals surface area contributed by atoms with Crippen LogP contribution in [0, 0.1) is 0 Å². The Balaban J connectivity index is 1.40. The fraction of sp³-hybridized carbons (Fsp3) is 0.550. The first-order valence-corrected chi connectivity index (χ1v) is 9.88. The summed E-state index contributed by atoms with van der Waals surface area (Å²) in [5, 5.41) is 5.54. The van der Waals surface area contributed by atoms with E-state index in [-0.39, 0.29) is 31.2 Å². The number of carbonyl (C=O) groups is 3. The van der Waals surface area contributed by atoms with Gasteiger partial charge < -0.3 is 20.1 Å². The molecular weight excluding hydrogens is 376 g/mol. The quantitative estimate of drug-likeness (QED) is 0.576. The highest BCUT2D eigenvalue weighted by Gasteiger charge is 2.37. The van der Waals surface area contributed by atoms with Gasteiger partial charge >= 0.3 is 6.03 Å². The molecule has 29 heavy (non-hydrogen) atoms. The van der Waals surface area contributed by atoms with Gasteiger partial charge in [0, 0.05) is 32.6 Å². The van der Waals surface area contributed by atoms with Crippen LogP contribution in [-0.2, 0) is 20.9 Å². The molecule has 0 radical (unpaired) electrons. The van der Waals surface area contributed by atoms with E-state index >= 15 is 0 Å². The van der Waals surface area contributed by atoms with Crippen LogP contribution in [0.25, 0.3) is 0 Å². The van der Waals surface area contributed by atoms with E-state index in [4.69, 9.17) is 9.47 Å². The largest absolute Gasteiger partial charge is 0.497 e. The zero-order valence-electron chi connectivity index (χ0n) is 16.7. The lowest BCUT2D eigenvalue weighted by Crippen LogP contribution is -2.41. The minimum absolute atomic E-state index is 0.117. The number of carbonyl (C=O) groups excluding carboxylic acids is 3. The summed E-state index contributed by atoms with van der Waals surface area (Å²) >= 11 is 0. The van der Waals surface area contributed by atoms with Gasteiger partial charge in [-0.1, -0.05) is 12.1 Å². The van der Waals surface area contributed by atoms with E-state index in [1.54, 1.807) is 19.2 Å². The zero-order valence-corrected chi connectivity index (χ0v) is 16.7. The van der Waals surface area contributed by atoms with Crippen LogP contribution in [0.15, 0.2) is 24.3 Å². The maximum atomic E-state index is 12.5. The van der Waals surface area contributed by atoms with Crippen molar-refractivity contribution >= 4 is 17.8 Å². The van der Waals surface area contributed by atoms with Crippen LogP contribution in [0.2, 0.25) is 0 Å². The average molecular weight is 404 g/mol. The summed E-state index contributed by atoms with van der Waals surface area (Å²) in [5.41, 5.74) is 0.829. The molecule has 158 valence electrons. The standard InChI is InChI=1S/C20H28N4O5/c1-28-16-4-2-15(3-5-16)14-24-19(26)17(22-20(24)27)6-7-18(25)21-8-9-23-10-12-29-13-11-23/h2-5,17H,6-14H2,1H3,(H,21,25)(H,22,27)/t17-/m0/s1. The Labute approximate surface area is 170 Å². The van der Waals surface area contributed by atoms with Crippen molar-refractivity contribution in [2.24, 2.45) is 0 Å². The van der Waals surface area contributed by atoms with Crippen molar-refractivity contribution in [3.63, 3.8) is 0 Å². The number of amides is 4. The third-order valence-corrected chi connectivity index (χ3v) is 5.12. The second kappa shape index (κ2) is 10.2. The lowest BCUT2D eigenvalue weighted by atomic mass is 10.1. The second-order valence-corrected chi connectivity index (χ2v) is 7.12. The number of morpholine rings is 1. The van der Waals surface area contributed by atoms with Gasteiger partial charge in [-0.25, -0.2) is 4.79 Å². The van der Waals surface area contributed by atoms with Crippen LogP contribution in [0.5, 0.6) is 5.75 Å². The van der Waals surface area contributed by atoms with Crippen LogP contribution in [-0.4, -0.2) is 80.2 Å². The molecule has 9 nitrogen and oxygen atoms in total. The number of imide groups is 1. The van der Waals surface area contributed by atoms with E-state index in [0.29, 0.717) is 12.3 Å². The first-order chi connectivity index (χ1) is 14.1. The topological polar surface area (TPSA) is 100 Å². The maximum Gasteiger partial charge on any atom is 0.325 e. The van der Waals surface area contributed by atoms with Gasteiger partial charge in [-0.3, -0.25) is 19.4 Å². The molecule has 0 aromatic heterocycles. The van der Waals surface area contributed by atoms with Gasteiger partial charge in [-0.05, 0) is 24.1 Å². The van der Waals surface area contributed by atoms with Gasteiger partial charge in [0.2, 0.25) is 5.91 Å². The normalized spacial score (nSPS) is 19.9. The molecular formula is C20H28N4O5. The number of nitrogens with one attached hydrogen (secondary N) is 2. The van der Waals surface area contributed by atoms with Crippen LogP contribution >= 0.6 is 0 Å². The zero-order chi connectivity index (χ0) is 20.6. The Morgan fingerprint density at radius 1 is 1.24 bits per heavy atom. The smallest absolute Gasteiger partial charge is 0.325 e. The summed E-state index contributed by atoms with van der Waals surface area (Å²) in [7, 11) is 1.58. The third-order valence-electron chi connectivity index (χ3n) is 5.12. The number of urea groups is 1. The molecule has 2 fully saturated rings. The number of rotatable bonds is 9. The van der Waals surface area contributed by atoms with Crippen LogP contribution in [0.1, 0.15) is 18.4 Å². The minimum atomic E-state index is -0.661. The molecule has 0 aliphatic carbocycles. The van der Waals surface area contributed by atoms with Gasteiger partial charge in [0.25, 0.3) is 5.91 Å². The molecule has 0 bridgehead atoms. The summed E-state index contributed by atoms with van der Waals surface area (Å²) in [6, 6.07) is 6.11. The van der Waals surface area contributed by atoms with Gasteiger partial charge in [-0.2, -0.15) is 0 Å². The molecule has 2 heterocycles. The third kappa shape index (κ3) is 5.91. The highest BCUT2D eigenvalue weighted by Crippen LogP contribution is 2.17. The van der Waals surface area contributed by atoms with Crippen molar-refractivity contribution in [1.82, 2.24) is 20.4 Å². The van der Waals surface area contributed by atoms with Gasteiger partial charge in [0.05, 0.1) is 26.9 Å². The van der Waals surface area contributed by atoms with E-state index in [0.717, 1.165) is 38.4 Å². The molecule has 9 heteroatoms. The minimum Gasteiger partial charge on any atom is -0.497 e. The first-order valence-electron chi connectivity index (χ1n) is 9.88. The fourth-order valence-corrected chi connectivity index (χ4v) is 3.38. The molecule has 0 spiro atoms. The average Bonchev–Trinajstić information content (AvgIpc) is 3.01. The van der Waals surface area contributed by atoms with Crippen molar-refractivity contribution < 1.29 is 23.9 Å². The highest BCUT2D eigenvalue weighted by molar-refractivity contribution is 6.04. The van der Waals surface area contributed by atoms with Gasteiger partial charge in [0.15, 0.2) is 0 Å². The Kier molecular flexibility index (Phi) is 7.42. The molecule has 2 N–H and O–H groups in total. The van der Waals surface area contributed by atoms with Crippen molar-refractivity contribution in [3.8, 4) is 5.75 Å². The molecule has 2 aliphatic heterocycles. The van der Waals surface area contributed by atoms with E-state index in [1.165, 1.54) is 4.90 Å². The van der Waals surface area contributed by atoms with Crippen molar-refractivity contribution in [2.75, 3.05) is 46.5 Å². The van der Waals surface area contributed by atoms with Crippen LogP contribution in [0.4, 0.5) is 4.79 Å². The summed E-state index contributed by atoms with van der Waals surface area (Å²) in [6.45, 7) is 4.74. The highest BCUT2D eigenvalue weighted by atomic mass is 16.5. The fourth-order valence-electron chi connectivity index (χ4n) is 3.38. The maximum absolute atomic E-state index is 12.5. The van der Waals surface area contributed by atoms with Crippen molar-refractivity contribution in [3.05, 3.63) is 29.8 Å². The number of hydrogen-bond acceptors (Lipinski definition) is 6. The lowest BCUT2D eigenvalue weighted by Gasteiger charge is -2.26. The second-order valence-electron chi connectivity index (χ2n) is 7.12. The van der Waals surface area contributed by atoms with E-state index in [9.17, 15) is 14.4 Å². The molecule has 3 rings (SSSR count). The van der Waals surface area contributed by atoms with Gasteiger partial charge in [-0.15, -0.1) is 0 Å². The Morgan fingerprint density at radius 3 is 2.66 bits per heavy atom. The Morgan fingerprint density at radius 2 is 1.97 bits per heavy atom. The molecule has 1 atom stereocenters. The van der Waals surface area contributed by atoms with Gasteiger partial charge in [0.1, 0.15) is 11.8 Å². The molecule has 0 saturated carbocycles. The van der Waals surface area contributed by atoms with E-state index in [2.05, 4.69) is 15.5 Å². The summed E-state index contributed by atoms with van der Waals surface area (Å²) in [6.07, 6.45) is 0.475. The Hall–Kier alpha value is -2.65. The number of benzene rings is 1. The number of nitrogens with zero attached hydrogens (tertiary/aromatic N) is 2.